The van der Waals surface area contributed by atoms with Gasteiger partial charge in [0.2, 0.25) is 0 Å². The summed E-state index contributed by atoms with van der Waals surface area (Å²) in [5.74, 6) is -0.662. The summed E-state index contributed by atoms with van der Waals surface area (Å²) >= 11 is 0. The molecule has 1 heterocycles. The van der Waals surface area contributed by atoms with E-state index in [9.17, 15) is 9.18 Å². The Hall–Kier alpha value is -1.46. The summed E-state index contributed by atoms with van der Waals surface area (Å²) in [6.07, 6.45) is 0. The highest BCUT2D eigenvalue weighted by Gasteiger charge is 2.53. The second kappa shape index (κ2) is 5.04. The van der Waals surface area contributed by atoms with Gasteiger partial charge in [0.05, 0.1) is 26.4 Å². The van der Waals surface area contributed by atoms with Crippen LogP contribution in [0.1, 0.15) is 11.6 Å². The number of ether oxygens (including phenoxy) is 2. The van der Waals surface area contributed by atoms with Crippen molar-refractivity contribution in [2.75, 3.05) is 27.4 Å². The molecule has 1 aliphatic rings. The summed E-state index contributed by atoms with van der Waals surface area (Å²) in [6, 6.07) is 5.88. The number of esters is 1. The van der Waals surface area contributed by atoms with Crippen LogP contribution in [-0.4, -0.2) is 33.3 Å². The van der Waals surface area contributed by atoms with E-state index in [1.807, 2.05) is 0 Å². The molecule has 98 valence electrons. The number of methoxy groups -OCH3 is 1. The van der Waals surface area contributed by atoms with Crippen molar-refractivity contribution in [3.05, 3.63) is 35.6 Å². The lowest BCUT2D eigenvalue weighted by atomic mass is 9.75. The minimum atomic E-state index is -0.767. The zero-order valence-electron chi connectivity index (χ0n) is 10.4. The molecule has 4 nitrogen and oxygen atoms in total. The predicted octanol–water partition coefficient (Wildman–Crippen LogP) is 1.28. The maximum absolute atomic E-state index is 13.3. The van der Waals surface area contributed by atoms with E-state index < -0.39 is 5.41 Å². The number of hydrogen-bond acceptors (Lipinski definition) is 4. The summed E-state index contributed by atoms with van der Waals surface area (Å²) in [5.41, 5.74) is -0.0525. The predicted molar refractivity (Wildman–Crippen MR) is 63.5 cm³/mol. The highest BCUT2D eigenvalue weighted by Crippen LogP contribution is 2.41. The largest absolute Gasteiger partial charge is 0.468 e. The Kier molecular flexibility index (Phi) is 3.63. The number of halogens is 1. The molecule has 0 amide bonds. The number of nitrogens with one attached hydrogen (secondary N) is 1. The number of hydrogen-bond donors (Lipinski definition) is 1. The highest BCUT2D eigenvalue weighted by molar-refractivity contribution is 5.79. The molecule has 2 rings (SSSR count). The molecule has 1 aromatic carbocycles. The fourth-order valence-electron chi connectivity index (χ4n) is 2.38. The Morgan fingerprint density at radius 3 is 2.72 bits per heavy atom. The Labute approximate surface area is 105 Å². The van der Waals surface area contributed by atoms with Crippen molar-refractivity contribution in [3.63, 3.8) is 0 Å². The van der Waals surface area contributed by atoms with Gasteiger partial charge in [-0.1, -0.05) is 12.1 Å². The molecule has 1 N–H and O–H groups in total. The zero-order valence-corrected chi connectivity index (χ0v) is 10.4. The molecular weight excluding hydrogens is 237 g/mol. The van der Waals surface area contributed by atoms with E-state index in [-0.39, 0.29) is 31.0 Å². The Bertz CT molecular complexity index is 446. The van der Waals surface area contributed by atoms with Gasteiger partial charge in [-0.2, -0.15) is 0 Å². The van der Waals surface area contributed by atoms with Crippen LogP contribution in [0.15, 0.2) is 24.3 Å². The van der Waals surface area contributed by atoms with Crippen LogP contribution in [0.3, 0.4) is 0 Å². The third-order valence-electron chi connectivity index (χ3n) is 3.33. The average molecular weight is 253 g/mol. The van der Waals surface area contributed by atoms with Crippen LogP contribution in [-0.2, 0) is 14.3 Å². The lowest BCUT2D eigenvalue weighted by Crippen LogP contribution is -2.56. The molecular formula is C13H16FNO3. The summed E-state index contributed by atoms with van der Waals surface area (Å²) in [4.78, 5) is 11.9. The van der Waals surface area contributed by atoms with E-state index in [4.69, 9.17) is 9.47 Å². The second-order valence-corrected chi connectivity index (χ2v) is 4.42. The van der Waals surface area contributed by atoms with Crippen LogP contribution in [0.2, 0.25) is 0 Å². The van der Waals surface area contributed by atoms with E-state index in [2.05, 4.69) is 5.32 Å². The Balaban J connectivity index is 2.35. The first kappa shape index (κ1) is 13.0. The topological polar surface area (TPSA) is 47.6 Å². The normalized spacial score (nSPS) is 18.8. The van der Waals surface area contributed by atoms with Gasteiger partial charge in [0.15, 0.2) is 0 Å². The minimum absolute atomic E-state index is 0.279. The molecule has 0 aliphatic carbocycles. The SMILES string of the molecule is CNC(c1cccc(F)c1)C1(C(=O)OC)COC1. The smallest absolute Gasteiger partial charge is 0.318 e. The van der Waals surface area contributed by atoms with Gasteiger partial charge in [-0.3, -0.25) is 4.79 Å². The second-order valence-electron chi connectivity index (χ2n) is 4.42. The van der Waals surface area contributed by atoms with Crippen LogP contribution in [0.25, 0.3) is 0 Å². The van der Waals surface area contributed by atoms with Crippen molar-refractivity contribution in [1.82, 2.24) is 5.32 Å². The fourth-order valence-corrected chi connectivity index (χ4v) is 2.38. The van der Waals surface area contributed by atoms with E-state index in [1.54, 1.807) is 19.2 Å². The third kappa shape index (κ3) is 2.00. The van der Waals surface area contributed by atoms with Crippen LogP contribution in [0.4, 0.5) is 4.39 Å². The van der Waals surface area contributed by atoms with Crippen molar-refractivity contribution in [1.29, 1.82) is 0 Å². The molecule has 1 aromatic rings. The van der Waals surface area contributed by atoms with E-state index >= 15 is 0 Å². The van der Waals surface area contributed by atoms with Crippen molar-refractivity contribution in [2.45, 2.75) is 6.04 Å². The van der Waals surface area contributed by atoms with Crippen molar-refractivity contribution < 1.29 is 18.7 Å². The molecule has 0 saturated carbocycles. The van der Waals surface area contributed by atoms with Gasteiger partial charge in [-0.15, -0.1) is 0 Å². The van der Waals surface area contributed by atoms with Crippen LogP contribution >= 0.6 is 0 Å². The third-order valence-corrected chi connectivity index (χ3v) is 3.33. The van der Waals surface area contributed by atoms with E-state index in [0.717, 1.165) is 0 Å². The van der Waals surface area contributed by atoms with Gasteiger partial charge in [-0.25, -0.2) is 4.39 Å². The number of rotatable bonds is 4. The molecule has 0 aromatic heterocycles. The number of carbonyl (C=O) groups is 1. The summed E-state index contributed by atoms with van der Waals surface area (Å²) in [7, 11) is 3.08. The average Bonchev–Trinajstić information content (AvgIpc) is 2.32. The van der Waals surface area contributed by atoms with Crippen molar-refractivity contribution in [3.8, 4) is 0 Å². The van der Waals surface area contributed by atoms with Gasteiger partial charge >= 0.3 is 5.97 Å². The molecule has 0 radical (unpaired) electrons. The van der Waals surface area contributed by atoms with Crippen LogP contribution in [0, 0.1) is 11.2 Å². The first-order valence-electron chi connectivity index (χ1n) is 5.73. The summed E-state index contributed by atoms with van der Waals surface area (Å²) in [6.45, 7) is 0.559. The number of benzene rings is 1. The van der Waals surface area contributed by atoms with Gasteiger partial charge in [0.1, 0.15) is 11.2 Å². The van der Waals surface area contributed by atoms with Gasteiger partial charge < -0.3 is 14.8 Å². The van der Waals surface area contributed by atoms with E-state index in [1.165, 1.54) is 19.2 Å². The van der Waals surface area contributed by atoms with Crippen LogP contribution in [0.5, 0.6) is 0 Å². The quantitative estimate of drug-likeness (QED) is 0.821. The first-order chi connectivity index (χ1) is 8.64. The molecule has 18 heavy (non-hydrogen) atoms. The van der Waals surface area contributed by atoms with Gasteiger partial charge in [0.25, 0.3) is 0 Å². The first-order valence-corrected chi connectivity index (χ1v) is 5.73. The molecule has 1 aliphatic heterocycles. The molecule has 0 bridgehead atoms. The van der Waals surface area contributed by atoms with Crippen LogP contribution < -0.4 is 5.32 Å². The number of carbonyl (C=O) groups excluding carboxylic acids is 1. The van der Waals surface area contributed by atoms with Gasteiger partial charge in [-0.05, 0) is 24.7 Å². The molecule has 1 atom stereocenters. The summed E-state index contributed by atoms with van der Waals surface area (Å²) < 4.78 is 23.3. The lowest BCUT2D eigenvalue weighted by molar-refractivity contribution is -0.190. The monoisotopic (exact) mass is 253 g/mol. The Morgan fingerprint density at radius 1 is 1.56 bits per heavy atom. The molecule has 1 saturated heterocycles. The molecule has 1 fully saturated rings. The maximum atomic E-state index is 13.3. The van der Waals surface area contributed by atoms with Crippen molar-refractivity contribution >= 4 is 5.97 Å². The fraction of sp³-hybridized carbons (Fsp3) is 0.462. The highest BCUT2D eigenvalue weighted by atomic mass is 19.1. The van der Waals surface area contributed by atoms with E-state index in [0.29, 0.717) is 5.56 Å². The minimum Gasteiger partial charge on any atom is -0.468 e. The summed E-state index contributed by atoms with van der Waals surface area (Å²) in [5, 5.41) is 3.06. The zero-order chi connectivity index (χ0) is 13.2. The molecule has 0 spiro atoms. The standard InChI is InChI=1S/C13H16FNO3/c1-15-11(9-4-3-5-10(14)6-9)13(7-18-8-13)12(16)17-2/h3-6,11,15H,7-8H2,1-2H3. The van der Waals surface area contributed by atoms with Crippen molar-refractivity contribution in [2.24, 2.45) is 5.41 Å². The molecule has 5 heteroatoms. The molecule has 1 unspecified atom stereocenters. The van der Waals surface area contributed by atoms with Gasteiger partial charge in [0, 0.05) is 0 Å². The maximum Gasteiger partial charge on any atom is 0.318 e. The lowest BCUT2D eigenvalue weighted by Gasteiger charge is -2.44. The Morgan fingerprint density at radius 2 is 2.28 bits per heavy atom.